The summed E-state index contributed by atoms with van der Waals surface area (Å²) in [6, 6.07) is 0. The molecule has 0 saturated heterocycles. The number of hydrogen-bond donors (Lipinski definition) is 2. The predicted octanol–water partition coefficient (Wildman–Crippen LogP) is 2.67. The Labute approximate surface area is 101 Å². The maximum Gasteiger partial charge on any atom is 0.0462 e. The third-order valence-corrected chi connectivity index (χ3v) is 4.43. The summed E-state index contributed by atoms with van der Waals surface area (Å²) in [5, 5.41) is 12.6. The average Bonchev–Trinajstić information content (AvgIpc) is 2.30. The summed E-state index contributed by atoms with van der Waals surface area (Å²) in [5.41, 5.74) is 0. The molecule has 0 bridgehead atoms. The molecule has 16 heavy (non-hydrogen) atoms. The van der Waals surface area contributed by atoms with E-state index < -0.39 is 0 Å². The average molecular weight is 227 g/mol. The van der Waals surface area contributed by atoms with Crippen molar-refractivity contribution in [3.05, 3.63) is 0 Å². The van der Waals surface area contributed by atoms with Crippen LogP contribution in [0.1, 0.15) is 46.0 Å². The van der Waals surface area contributed by atoms with Gasteiger partial charge in [0.25, 0.3) is 0 Å². The van der Waals surface area contributed by atoms with Crippen LogP contribution in [0.4, 0.5) is 0 Å². The van der Waals surface area contributed by atoms with E-state index in [4.69, 9.17) is 0 Å². The van der Waals surface area contributed by atoms with Crippen LogP contribution in [-0.4, -0.2) is 25.3 Å². The fourth-order valence-electron chi connectivity index (χ4n) is 3.09. The van der Waals surface area contributed by atoms with Crippen molar-refractivity contribution in [3.8, 4) is 0 Å². The molecular weight excluding hydrogens is 198 g/mol. The first-order valence-electron chi connectivity index (χ1n) is 6.94. The zero-order valence-electron chi connectivity index (χ0n) is 11.2. The number of hydrogen-bond acceptors (Lipinski definition) is 2. The van der Waals surface area contributed by atoms with Gasteiger partial charge < -0.3 is 10.4 Å². The fraction of sp³-hybridized carbons (Fsp3) is 1.00. The van der Waals surface area contributed by atoms with Crippen LogP contribution in [0.25, 0.3) is 0 Å². The lowest BCUT2D eigenvalue weighted by Crippen LogP contribution is -2.28. The van der Waals surface area contributed by atoms with Crippen molar-refractivity contribution in [2.45, 2.75) is 46.0 Å². The number of nitrogens with one attached hydrogen (secondary N) is 1. The Balaban J connectivity index is 2.32. The van der Waals surface area contributed by atoms with Gasteiger partial charge in [-0.15, -0.1) is 0 Å². The molecule has 2 nitrogen and oxygen atoms in total. The molecule has 2 N–H and O–H groups in total. The second-order valence-corrected chi connectivity index (χ2v) is 5.75. The molecule has 2 heteroatoms. The second-order valence-electron chi connectivity index (χ2n) is 5.75. The molecule has 1 aliphatic carbocycles. The zero-order chi connectivity index (χ0) is 12.0. The molecule has 0 spiro atoms. The third kappa shape index (κ3) is 4.06. The van der Waals surface area contributed by atoms with Crippen molar-refractivity contribution in [1.82, 2.24) is 5.32 Å². The van der Waals surface area contributed by atoms with Gasteiger partial charge in [-0.3, -0.25) is 0 Å². The number of aliphatic hydroxyl groups is 1. The largest absolute Gasteiger partial charge is 0.396 e. The lowest BCUT2D eigenvalue weighted by atomic mass is 9.72. The van der Waals surface area contributed by atoms with E-state index in [1.54, 1.807) is 0 Å². The topological polar surface area (TPSA) is 32.3 Å². The van der Waals surface area contributed by atoms with Crippen LogP contribution >= 0.6 is 0 Å². The number of rotatable bonds is 6. The van der Waals surface area contributed by atoms with Gasteiger partial charge in [-0.25, -0.2) is 0 Å². The van der Waals surface area contributed by atoms with E-state index in [0.29, 0.717) is 12.5 Å². The maximum absolute atomic E-state index is 9.45. The second kappa shape index (κ2) is 7.29. The molecule has 0 amide bonds. The lowest BCUT2D eigenvalue weighted by molar-refractivity contribution is 0.115. The summed E-state index contributed by atoms with van der Waals surface area (Å²) in [7, 11) is 1.99. The lowest BCUT2D eigenvalue weighted by Gasteiger charge is -2.34. The first-order valence-corrected chi connectivity index (χ1v) is 6.94. The molecule has 0 aliphatic heterocycles. The Kier molecular flexibility index (Phi) is 6.37. The third-order valence-electron chi connectivity index (χ3n) is 4.43. The van der Waals surface area contributed by atoms with Crippen molar-refractivity contribution in [3.63, 3.8) is 0 Å². The molecule has 0 aromatic rings. The summed E-state index contributed by atoms with van der Waals surface area (Å²) in [6.45, 7) is 6.10. The zero-order valence-corrected chi connectivity index (χ0v) is 11.2. The molecule has 1 atom stereocenters. The summed E-state index contributed by atoms with van der Waals surface area (Å²) in [4.78, 5) is 0. The molecule has 1 aliphatic rings. The molecule has 1 fully saturated rings. The Bertz CT molecular complexity index is 174. The molecular formula is C14H29NO. The van der Waals surface area contributed by atoms with E-state index in [2.05, 4.69) is 19.2 Å². The van der Waals surface area contributed by atoms with Gasteiger partial charge in [0.2, 0.25) is 0 Å². The van der Waals surface area contributed by atoms with E-state index in [1.807, 2.05) is 7.05 Å². The van der Waals surface area contributed by atoms with Gasteiger partial charge in [-0.05, 0) is 69.4 Å². The van der Waals surface area contributed by atoms with Gasteiger partial charge in [0.05, 0.1) is 0 Å². The quantitative estimate of drug-likeness (QED) is 0.731. The van der Waals surface area contributed by atoms with Gasteiger partial charge in [0, 0.05) is 6.61 Å². The minimum Gasteiger partial charge on any atom is -0.396 e. The van der Waals surface area contributed by atoms with Crippen molar-refractivity contribution in [1.29, 1.82) is 0 Å². The molecule has 1 rings (SSSR count). The highest BCUT2D eigenvalue weighted by Gasteiger charge is 2.27. The van der Waals surface area contributed by atoms with Crippen LogP contribution in [0.5, 0.6) is 0 Å². The van der Waals surface area contributed by atoms with Crippen molar-refractivity contribution < 1.29 is 5.11 Å². The Morgan fingerprint density at radius 1 is 1.12 bits per heavy atom. The van der Waals surface area contributed by atoms with Crippen LogP contribution in [-0.2, 0) is 0 Å². The minimum atomic E-state index is 0.374. The molecule has 1 unspecified atom stereocenters. The molecule has 0 aromatic carbocycles. The summed E-state index contributed by atoms with van der Waals surface area (Å²) in [5.74, 6) is 3.07. The normalized spacial score (nSPS) is 28.3. The highest BCUT2D eigenvalue weighted by atomic mass is 16.3. The van der Waals surface area contributed by atoms with Crippen molar-refractivity contribution in [2.24, 2.45) is 23.7 Å². The first-order chi connectivity index (χ1) is 7.69. The summed E-state index contributed by atoms with van der Waals surface area (Å²) in [6.07, 6.45) is 6.54. The van der Waals surface area contributed by atoms with Crippen LogP contribution in [0, 0.1) is 23.7 Å². The molecule has 1 saturated carbocycles. The molecule has 96 valence electrons. The Hall–Kier alpha value is -0.0800. The first kappa shape index (κ1) is 14.0. The van der Waals surface area contributed by atoms with Crippen LogP contribution in [0.2, 0.25) is 0 Å². The van der Waals surface area contributed by atoms with Gasteiger partial charge in [-0.2, -0.15) is 0 Å². The number of aliphatic hydroxyl groups excluding tert-OH is 1. The van der Waals surface area contributed by atoms with Gasteiger partial charge in [0.15, 0.2) is 0 Å². The Morgan fingerprint density at radius 3 is 2.12 bits per heavy atom. The van der Waals surface area contributed by atoms with Gasteiger partial charge >= 0.3 is 0 Å². The Morgan fingerprint density at radius 2 is 1.69 bits per heavy atom. The monoisotopic (exact) mass is 227 g/mol. The van der Waals surface area contributed by atoms with E-state index >= 15 is 0 Å². The molecule has 0 aromatic heterocycles. The minimum absolute atomic E-state index is 0.374. The summed E-state index contributed by atoms with van der Waals surface area (Å²) < 4.78 is 0. The summed E-state index contributed by atoms with van der Waals surface area (Å²) >= 11 is 0. The maximum atomic E-state index is 9.45. The highest BCUT2D eigenvalue weighted by Crippen LogP contribution is 2.37. The highest BCUT2D eigenvalue weighted by molar-refractivity contribution is 4.79. The van der Waals surface area contributed by atoms with E-state index in [1.165, 1.54) is 25.7 Å². The predicted molar refractivity (Wildman–Crippen MR) is 69.4 cm³/mol. The van der Waals surface area contributed by atoms with Crippen molar-refractivity contribution >= 4 is 0 Å². The van der Waals surface area contributed by atoms with Crippen LogP contribution in [0.15, 0.2) is 0 Å². The van der Waals surface area contributed by atoms with E-state index in [9.17, 15) is 5.11 Å². The SMILES string of the molecule is CNCCC(CO)C1CCC(C(C)C)CC1. The van der Waals surface area contributed by atoms with Gasteiger partial charge in [-0.1, -0.05) is 13.8 Å². The van der Waals surface area contributed by atoms with E-state index in [0.717, 1.165) is 30.7 Å². The molecule has 0 radical (unpaired) electrons. The van der Waals surface area contributed by atoms with Crippen LogP contribution in [0.3, 0.4) is 0 Å². The van der Waals surface area contributed by atoms with Crippen LogP contribution < -0.4 is 5.32 Å². The fourth-order valence-corrected chi connectivity index (χ4v) is 3.09. The van der Waals surface area contributed by atoms with E-state index in [-0.39, 0.29) is 0 Å². The van der Waals surface area contributed by atoms with Crippen molar-refractivity contribution in [2.75, 3.05) is 20.2 Å². The standard InChI is InChI=1S/C14H29NO/c1-11(2)12-4-6-13(7-5-12)14(10-16)8-9-15-3/h11-16H,4-10H2,1-3H3. The smallest absolute Gasteiger partial charge is 0.0462 e. The molecule has 0 heterocycles. The van der Waals surface area contributed by atoms with Gasteiger partial charge in [0.1, 0.15) is 0 Å².